The van der Waals surface area contributed by atoms with Gasteiger partial charge >= 0.3 is 4.87 Å². The molecule has 1 atom stereocenters. The van der Waals surface area contributed by atoms with Crippen molar-refractivity contribution in [1.82, 2.24) is 9.29 Å². The predicted octanol–water partition coefficient (Wildman–Crippen LogP) is 4.82. The average molecular weight is 519 g/mol. The second-order valence-corrected chi connectivity index (χ2v) is 10.7. The van der Waals surface area contributed by atoms with E-state index in [2.05, 4.69) is 4.72 Å². The molecule has 0 bridgehead atoms. The highest BCUT2D eigenvalue weighted by molar-refractivity contribution is 7.89. The van der Waals surface area contributed by atoms with Crippen molar-refractivity contribution in [3.63, 3.8) is 0 Å². The van der Waals surface area contributed by atoms with Crippen molar-refractivity contribution >= 4 is 43.2 Å². The van der Waals surface area contributed by atoms with E-state index < -0.39 is 16.1 Å². The fraction of sp³-hybridized carbons (Fsp3) is 0.208. The fourth-order valence-electron chi connectivity index (χ4n) is 3.70. The fourth-order valence-corrected chi connectivity index (χ4v) is 6.15. The molecule has 0 aliphatic rings. The van der Waals surface area contributed by atoms with Gasteiger partial charge in [-0.1, -0.05) is 41.1 Å². The zero-order chi connectivity index (χ0) is 24.5. The Morgan fingerprint density at radius 2 is 1.82 bits per heavy atom. The van der Waals surface area contributed by atoms with Crippen molar-refractivity contribution in [3.8, 4) is 11.5 Å². The van der Waals surface area contributed by atoms with Crippen LogP contribution >= 0.6 is 22.9 Å². The van der Waals surface area contributed by atoms with Crippen LogP contribution in [0.4, 0.5) is 0 Å². The molecule has 34 heavy (non-hydrogen) atoms. The van der Waals surface area contributed by atoms with Crippen LogP contribution in [0.15, 0.2) is 70.4 Å². The number of aromatic nitrogens is 1. The van der Waals surface area contributed by atoms with E-state index in [0.29, 0.717) is 38.8 Å². The lowest BCUT2D eigenvalue weighted by Gasteiger charge is -2.18. The smallest absolute Gasteiger partial charge is 0.308 e. The summed E-state index contributed by atoms with van der Waals surface area (Å²) in [6.45, 7) is 2.03. The zero-order valence-corrected chi connectivity index (χ0v) is 21.1. The molecule has 3 aromatic carbocycles. The minimum Gasteiger partial charge on any atom is -0.497 e. The van der Waals surface area contributed by atoms with Gasteiger partial charge in [-0.05, 0) is 55.0 Å². The van der Waals surface area contributed by atoms with Crippen molar-refractivity contribution in [3.05, 3.63) is 86.5 Å². The van der Waals surface area contributed by atoms with Gasteiger partial charge in [0.05, 0.1) is 35.9 Å². The van der Waals surface area contributed by atoms with Gasteiger partial charge in [0.25, 0.3) is 0 Å². The molecule has 1 N–H and O–H groups in total. The van der Waals surface area contributed by atoms with Gasteiger partial charge in [-0.15, -0.1) is 0 Å². The molecule has 0 radical (unpaired) electrons. The summed E-state index contributed by atoms with van der Waals surface area (Å²) in [6.07, 6.45) is 0. The van der Waals surface area contributed by atoms with Crippen LogP contribution in [-0.4, -0.2) is 27.2 Å². The second kappa shape index (κ2) is 9.79. The highest BCUT2D eigenvalue weighted by Crippen LogP contribution is 2.31. The van der Waals surface area contributed by atoms with Crippen molar-refractivity contribution in [2.24, 2.45) is 0 Å². The van der Waals surface area contributed by atoms with Gasteiger partial charge < -0.3 is 9.47 Å². The number of nitrogens with one attached hydrogen (secondary N) is 1. The number of hydrogen-bond donors (Lipinski definition) is 1. The Bertz CT molecular complexity index is 1510. The van der Waals surface area contributed by atoms with Crippen LogP contribution < -0.4 is 19.1 Å². The van der Waals surface area contributed by atoms with Gasteiger partial charge in [0.2, 0.25) is 10.0 Å². The molecule has 1 aromatic heterocycles. The number of halogens is 1. The monoisotopic (exact) mass is 518 g/mol. The SMILES string of the molecule is COc1ccc(OC)c([C@H](C)NS(=O)(=O)c2ccc3c(c2)sc(=O)n3Cc2ccccc2Cl)c1. The minimum atomic E-state index is -3.88. The Morgan fingerprint density at radius 1 is 1.06 bits per heavy atom. The molecule has 10 heteroatoms. The maximum absolute atomic E-state index is 13.2. The summed E-state index contributed by atoms with van der Waals surface area (Å²) in [6, 6.07) is 16.6. The summed E-state index contributed by atoms with van der Waals surface area (Å²) in [4.78, 5) is 12.5. The van der Waals surface area contributed by atoms with Crippen molar-refractivity contribution in [2.75, 3.05) is 14.2 Å². The number of ether oxygens (including phenoxy) is 2. The number of rotatable bonds is 8. The van der Waals surface area contributed by atoms with Gasteiger partial charge in [0, 0.05) is 16.6 Å². The van der Waals surface area contributed by atoms with E-state index in [4.69, 9.17) is 21.1 Å². The maximum Gasteiger partial charge on any atom is 0.308 e. The number of nitrogens with zero attached hydrogens (tertiary/aromatic N) is 1. The molecule has 0 saturated heterocycles. The average Bonchev–Trinajstić information content (AvgIpc) is 3.13. The molecule has 178 valence electrons. The Morgan fingerprint density at radius 3 is 2.53 bits per heavy atom. The molecule has 7 nitrogen and oxygen atoms in total. The van der Waals surface area contributed by atoms with Gasteiger partial charge in [-0.2, -0.15) is 0 Å². The Hall–Kier alpha value is -2.85. The molecule has 0 aliphatic heterocycles. The molecule has 4 aromatic rings. The lowest BCUT2D eigenvalue weighted by molar-refractivity contribution is 0.395. The summed E-state index contributed by atoms with van der Waals surface area (Å²) in [7, 11) is -0.821. The second-order valence-electron chi connectivity index (χ2n) is 7.63. The highest BCUT2D eigenvalue weighted by Gasteiger charge is 2.22. The van der Waals surface area contributed by atoms with Crippen LogP contribution in [0, 0.1) is 0 Å². The molecule has 0 amide bonds. The largest absolute Gasteiger partial charge is 0.497 e. The van der Waals surface area contributed by atoms with E-state index in [1.54, 1.807) is 48.9 Å². The quantitative estimate of drug-likeness (QED) is 0.361. The first kappa shape index (κ1) is 24.3. The van der Waals surface area contributed by atoms with Gasteiger partial charge in [0.1, 0.15) is 11.5 Å². The first-order chi connectivity index (χ1) is 16.2. The molecule has 0 saturated carbocycles. The third-order valence-electron chi connectivity index (χ3n) is 5.47. The lowest BCUT2D eigenvalue weighted by atomic mass is 10.1. The molecule has 0 unspecified atom stereocenters. The van der Waals surface area contributed by atoms with Crippen molar-refractivity contribution in [1.29, 1.82) is 0 Å². The molecule has 0 aliphatic carbocycles. The standard InChI is InChI=1S/C24H23ClN2O5S2/c1-15(19-12-17(31-2)8-11-22(19)32-3)26-34(29,30)18-9-10-21-23(13-18)33-24(28)27(21)14-16-6-4-5-7-20(16)25/h4-13,15,26H,14H2,1-3H3/t15-/m0/s1. The predicted molar refractivity (Wildman–Crippen MR) is 135 cm³/mol. The van der Waals surface area contributed by atoms with Crippen LogP contribution in [0.25, 0.3) is 10.2 Å². The topological polar surface area (TPSA) is 86.6 Å². The number of hydrogen-bond acceptors (Lipinski definition) is 6. The third kappa shape index (κ3) is 4.83. The van der Waals surface area contributed by atoms with Gasteiger partial charge in [-0.3, -0.25) is 9.36 Å². The number of thiazole rings is 1. The Balaban J connectivity index is 1.65. The van der Waals surface area contributed by atoms with Gasteiger partial charge in [0.15, 0.2) is 0 Å². The van der Waals surface area contributed by atoms with Gasteiger partial charge in [-0.25, -0.2) is 13.1 Å². The third-order valence-corrected chi connectivity index (χ3v) is 8.32. The zero-order valence-electron chi connectivity index (χ0n) is 18.7. The summed E-state index contributed by atoms with van der Waals surface area (Å²) in [5, 5.41) is 0.569. The van der Waals surface area contributed by atoms with E-state index in [0.717, 1.165) is 16.9 Å². The van der Waals surface area contributed by atoms with Crippen LogP contribution in [0.5, 0.6) is 11.5 Å². The minimum absolute atomic E-state index is 0.0693. The van der Waals surface area contributed by atoms with Crippen LogP contribution in [-0.2, 0) is 16.6 Å². The number of methoxy groups -OCH3 is 2. The first-order valence-corrected chi connectivity index (χ1v) is 13.0. The van der Waals surface area contributed by atoms with E-state index in [1.807, 2.05) is 18.2 Å². The maximum atomic E-state index is 13.2. The summed E-state index contributed by atoms with van der Waals surface area (Å²) in [5.74, 6) is 1.13. The Labute approximate surface area is 206 Å². The van der Waals surface area contributed by atoms with Crippen molar-refractivity contribution < 1.29 is 17.9 Å². The van der Waals surface area contributed by atoms with Crippen LogP contribution in [0.3, 0.4) is 0 Å². The molecule has 1 heterocycles. The number of benzene rings is 3. The van der Waals surface area contributed by atoms with Crippen LogP contribution in [0.2, 0.25) is 5.02 Å². The molecule has 0 spiro atoms. The molecule has 4 rings (SSSR count). The summed E-state index contributed by atoms with van der Waals surface area (Å²) < 4.78 is 41.8. The first-order valence-electron chi connectivity index (χ1n) is 10.3. The molecule has 0 fully saturated rings. The highest BCUT2D eigenvalue weighted by atomic mass is 35.5. The molecular weight excluding hydrogens is 496 g/mol. The van der Waals surface area contributed by atoms with Crippen molar-refractivity contribution in [2.45, 2.75) is 24.4 Å². The van der Waals surface area contributed by atoms with E-state index in [1.165, 1.54) is 19.2 Å². The Kier molecular flexibility index (Phi) is 6.99. The number of sulfonamides is 1. The number of fused-ring (bicyclic) bond motifs is 1. The van der Waals surface area contributed by atoms with Crippen LogP contribution in [0.1, 0.15) is 24.1 Å². The van der Waals surface area contributed by atoms with E-state index in [-0.39, 0.29) is 9.77 Å². The lowest BCUT2D eigenvalue weighted by Crippen LogP contribution is -2.27. The summed E-state index contributed by atoms with van der Waals surface area (Å²) >= 11 is 7.25. The van der Waals surface area contributed by atoms with E-state index in [9.17, 15) is 13.2 Å². The summed E-state index contributed by atoms with van der Waals surface area (Å²) in [5.41, 5.74) is 2.10. The van der Waals surface area contributed by atoms with E-state index >= 15 is 0 Å². The molecular formula is C24H23ClN2O5S2. The normalized spacial score (nSPS) is 12.6.